The van der Waals surface area contributed by atoms with Crippen molar-refractivity contribution in [1.29, 1.82) is 0 Å². The summed E-state index contributed by atoms with van der Waals surface area (Å²) in [6.45, 7) is 0. The molecule has 3 aliphatic heterocycles. The molecule has 11 rings (SSSR count). The first-order chi connectivity index (χ1) is 24.2. The van der Waals surface area contributed by atoms with Crippen LogP contribution in [0.4, 0.5) is 0 Å². The maximum Gasteiger partial charge on any atom is 0.313 e. The van der Waals surface area contributed by atoms with Gasteiger partial charge in [-0.25, -0.2) is 4.99 Å². The van der Waals surface area contributed by atoms with Gasteiger partial charge in [0.15, 0.2) is 11.5 Å². The van der Waals surface area contributed by atoms with Crippen molar-refractivity contribution in [2.75, 3.05) is 0 Å². The lowest BCUT2D eigenvalue weighted by Gasteiger charge is -2.54. The van der Waals surface area contributed by atoms with Gasteiger partial charge in [-0.1, -0.05) is 158 Å². The number of rotatable bonds is 2. The van der Waals surface area contributed by atoms with Crippen molar-refractivity contribution in [3.63, 3.8) is 0 Å². The third kappa shape index (κ3) is 3.42. The largest absolute Gasteiger partial charge is 0.446 e. The van der Waals surface area contributed by atoms with Crippen LogP contribution in [0.5, 0.6) is 11.5 Å². The van der Waals surface area contributed by atoms with E-state index in [0.29, 0.717) is 17.2 Å². The second-order valence-electron chi connectivity index (χ2n) is 12.7. The second kappa shape index (κ2) is 9.65. The van der Waals surface area contributed by atoms with Crippen molar-refractivity contribution in [1.82, 2.24) is 0 Å². The average Bonchev–Trinajstić information content (AvgIpc) is 3.46. The Bertz CT molecular complexity index is 2520. The van der Waals surface area contributed by atoms with Gasteiger partial charge in [0.1, 0.15) is 5.71 Å². The zero-order valence-corrected chi connectivity index (χ0v) is 26.1. The Labute approximate surface area is 281 Å². The van der Waals surface area contributed by atoms with Crippen molar-refractivity contribution < 1.29 is 23.7 Å². The van der Waals surface area contributed by atoms with Crippen LogP contribution in [0.25, 0.3) is 32.7 Å². The van der Waals surface area contributed by atoms with E-state index < -0.39 is 23.8 Å². The summed E-state index contributed by atoms with van der Waals surface area (Å²) >= 11 is 0. The molecule has 1 saturated heterocycles. The molecule has 4 atom stereocenters. The highest BCUT2D eigenvalue weighted by Crippen LogP contribution is 2.66. The fraction of sp³-hybridized carbons (Fsp3) is 0.0930. The highest BCUT2D eigenvalue weighted by Gasteiger charge is 2.75. The third-order valence-electron chi connectivity index (χ3n) is 10.2. The summed E-state index contributed by atoms with van der Waals surface area (Å²) in [5, 5.41) is 3.90. The van der Waals surface area contributed by atoms with E-state index in [1.807, 2.05) is 121 Å². The van der Waals surface area contributed by atoms with Gasteiger partial charge in [-0.15, -0.1) is 0 Å². The van der Waals surface area contributed by atoms with Crippen LogP contribution < -0.4 is 9.47 Å². The van der Waals surface area contributed by atoms with Crippen molar-refractivity contribution in [3.8, 4) is 22.6 Å². The van der Waals surface area contributed by atoms with Crippen molar-refractivity contribution in [2.24, 2.45) is 4.99 Å². The van der Waals surface area contributed by atoms with Crippen molar-refractivity contribution in [3.05, 3.63) is 180 Å². The molecule has 6 heteroatoms. The molecule has 234 valence electrons. The summed E-state index contributed by atoms with van der Waals surface area (Å²) in [5.74, 6) is -3.79. The molecule has 3 heterocycles. The fourth-order valence-corrected chi connectivity index (χ4v) is 8.15. The zero-order valence-electron chi connectivity index (χ0n) is 26.1. The fourth-order valence-electron chi connectivity index (χ4n) is 8.15. The lowest BCUT2D eigenvalue weighted by molar-refractivity contribution is -0.402. The molecule has 6 nitrogen and oxygen atoms in total. The Balaban J connectivity index is 1.29. The maximum atomic E-state index is 7.71. The van der Waals surface area contributed by atoms with Crippen molar-refractivity contribution >= 4 is 27.3 Å². The first kappa shape index (κ1) is 27.2. The molecular weight excluding hydrogens is 610 g/mol. The SMILES string of the molecule is c1ccc(C2=NC3OC2(c2ccccc2)O[C@]24Oc5c(c6ccccc6c6ccccc56)O[C@@]2(O3)c2ccccc2-c2ccccc24)cc1. The molecule has 0 N–H and O–H groups in total. The standard InChI is InChI=1S/C43H27NO5/c1-3-15-27(16-4-1)39-41(28-17-5-2-6-18-28)47-40(44-39)48-42-35-25-13-11-21-31(35)32-22-12-14-26-36(32)43(42,49-41)46-38-34-24-10-8-20-30(34)29-19-7-9-23-33(29)37(38)45-42/h1-26,40H/t40?,41?,42-,43+/m1/s1. The van der Waals surface area contributed by atoms with Gasteiger partial charge in [-0.3, -0.25) is 14.2 Å². The first-order valence-corrected chi connectivity index (χ1v) is 16.5. The van der Waals surface area contributed by atoms with E-state index >= 15 is 0 Å². The van der Waals surface area contributed by atoms with Crippen LogP contribution >= 0.6 is 0 Å². The molecule has 0 aromatic heterocycles. The Morgan fingerprint density at radius 3 is 1.57 bits per heavy atom. The summed E-state index contributed by atoms with van der Waals surface area (Å²) in [4.78, 5) is 5.11. The minimum absolute atomic E-state index is 0.571. The van der Waals surface area contributed by atoms with Gasteiger partial charge >= 0.3 is 11.6 Å². The molecule has 7 aromatic rings. The van der Waals surface area contributed by atoms with Crippen molar-refractivity contribution in [2.45, 2.75) is 23.8 Å². The summed E-state index contributed by atoms with van der Waals surface area (Å²) in [5.41, 5.74) is 5.61. The number of ether oxygens (including phenoxy) is 5. The van der Waals surface area contributed by atoms with E-state index in [9.17, 15) is 0 Å². The third-order valence-corrected chi connectivity index (χ3v) is 10.2. The number of aliphatic imine (C=N–C) groups is 1. The van der Waals surface area contributed by atoms with Gasteiger partial charge in [0.25, 0.3) is 6.41 Å². The molecule has 4 aliphatic rings. The smallest absolute Gasteiger partial charge is 0.313 e. The number of nitrogens with zero attached hydrogens (tertiary/aromatic N) is 1. The van der Waals surface area contributed by atoms with Crippen LogP contribution in [0.1, 0.15) is 22.3 Å². The predicted octanol–water partition coefficient (Wildman–Crippen LogP) is 9.15. The summed E-state index contributed by atoms with van der Waals surface area (Å²) in [6.07, 6.45) is -1.10. The summed E-state index contributed by atoms with van der Waals surface area (Å²) < 4.78 is 36.9. The molecule has 1 fully saturated rings. The lowest BCUT2D eigenvalue weighted by atomic mass is 9.75. The Kier molecular flexibility index (Phi) is 5.35. The van der Waals surface area contributed by atoms with E-state index in [4.69, 9.17) is 28.7 Å². The molecule has 0 spiro atoms. The average molecular weight is 638 g/mol. The van der Waals surface area contributed by atoms with Crippen LogP contribution in [-0.2, 0) is 31.6 Å². The Morgan fingerprint density at radius 2 is 0.939 bits per heavy atom. The predicted molar refractivity (Wildman–Crippen MR) is 186 cm³/mol. The van der Waals surface area contributed by atoms with Gasteiger partial charge in [0.05, 0.1) is 0 Å². The lowest BCUT2D eigenvalue weighted by Crippen LogP contribution is -2.65. The molecule has 49 heavy (non-hydrogen) atoms. The van der Waals surface area contributed by atoms with Gasteiger partial charge in [-0.2, -0.15) is 0 Å². The number of benzene rings is 7. The quantitative estimate of drug-likeness (QED) is 0.177. The molecular formula is C43H27NO5. The van der Waals surface area contributed by atoms with E-state index in [-0.39, 0.29) is 0 Å². The summed E-state index contributed by atoms with van der Waals surface area (Å²) in [7, 11) is 0. The molecule has 0 amide bonds. The van der Waals surface area contributed by atoms with Crippen LogP contribution in [-0.4, -0.2) is 12.1 Å². The zero-order chi connectivity index (χ0) is 32.2. The van der Waals surface area contributed by atoms with Gasteiger partial charge < -0.3 is 9.47 Å². The molecule has 7 aromatic carbocycles. The highest BCUT2D eigenvalue weighted by molar-refractivity contribution is 6.14. The monoisotopic (exact) mass is 637 g/mol. The molecule has 2 unspecified atom stereocenters. The molecule has 2 bridgehead atoms. The van der Waals surface area contributed by atoms with Crippen LogP contribution in [0.15, 0.2) is 163 Å². The van der Waals surface area contributed by atoms with Crippen LogP contribution in [0.3, 0.4) is 0 Å². The minimum Gasteiger partial charge on any atom is -0.446 e. The van der Waals surface area contributed by atoms with E-state index in [2.05, 4.69) is 36.4 Å². The van der Waals surface area contributed by atoms with E-state index in [0.717, 1.165) is 54.9 Å². The van der Waals surface area contributed by atoms with Crippen LogP contribution in [0.2, 0.25) is 0 Å². The van der Waals surface area contributed by atoms with Gasteiger partial charge in [0.2, 0.25) is 5.79 Å². The van der Waals surface area contributed by atoms with Gasteiger partial charge in [-0.05, 0) is 21.9 Å². The molecule has 0 saturated carbocycles. The minimum atomic E-state index is -1.71. The normalized spacial score (nSPS) is 25.8. The molecule has 0 radical (unpaired) electrons. The van der Waals surface area contributed by atoms with Gasteiger partial charge in [0, 0.05) is 33.0 Å². The molecule has 1 aliphatic carbocycles. The number of fused-ring (bicyclic) bond motifs is 11. The summed E-state index contributed by atoms with van der Waals surface area (Å²) in [6, 6.07) is 52.6. The van der Waals surface area contributed by atoms with Crippen LogP contribution in [0, 0.1) is 0 Å². The maximum absolute atomic E-state index is 7.71. The van der Waals surface area contributed by atoms with E-state index in [1.165, 1.54) is 0 Å². The Morgan fingerprint density at radius 1 is 0.449 bits per heavy atom. The first-order valence-electron chi connectivity index (χ1n) is 16.5. The second-order valence-corrected chi connectivity index (χ2v) is 12.7. The number of hydrogen-bond acceptors (Lipinski definition) is 6. The topological polar surface area (TPSA) is 58.5 Å². The van der Waals surface area contributed by atoms with E-state index in [1.54, 1.807) is 0 Å². The highest BCUT2D eigenvalue weighted by atomic mass is 16.9. The number of hydrogen-bond donors (Lipinski definition) is 0. The Hall–Kier alpha value is -5.79.